The van der Waals surface area contributed by atoms with Gasteiger partial charge in [0.15, 0.2) is 11.6 Å². The van der Waals surface area contributed by atoms with Crippen LogP contribution in [0.25, 0.3) is 0 Å². The Morgan fingerprint density at radius 2 is 2.29 bits per heavy atom. The molecule has 1 aromatic rings. The van der Waals surface area contributed by atoms with Gasteiger partial charge in [-0.15, -0.1) is 0 Å². The predicted molar refractivity (Wildman–Crippen MR) is 52.3 cm³/mol. The first kappa shape index (κ1) is 9.18. The van der Waals surface area contributed by atoms with Crippen molar-refractivity contribution in [2.24, 2.45) is 0 Å². The monoisotopic (exact) mass is 196 g/mol. The summed E-state index contributed by atoms with van der Waals surface area (Å²) in [5, 5.41) is 3.15. The fraction of sp³-hybridized carbons (Fsp3) is 0.556. The Labute approximate surface area is 81.7 Å². The van der Waals surface area contributed by atoms with E-state index in [9.17, 15) is 4.39 Å². The van der Waals surface area contributed by atoms with Crippen molar-refractivity contribution in [1.29, 1.82) is 0 Å². The van der Waals surface area contributed by atoms with Crippen LogP contribution in [-0.2, 0) is 0 Å². The molecule has 0 bridgehead atoms. The highest BCUT2D eigenvalue weighted by Gasteiger charge is 2.32. The van der Waals surface area contributed by atoms with Gasteiger partial charge in [-0.2, -0.15) is 4.98 Å². The molecule has 1 aliphatic carbocycles. The van der Waals surface area contributed by atoms with Crippen LogP contribution in [0, 0.1) is 5.82 Å². The second-order valence-electron chi connectivity index (χ2n) is 3.97. The quantitative estimate of drug-likeness (QED) is 0.753. The van der Waals surface area contributed by atoms with Crippen LogP contribution >= 0.6 is 0 Å². The molecule has 0 saturated heterocycles. The number of nitrogen functional groups attached to an aromatic ring is 1. The largest absolute Gasteiger partial charge is 0.381 e. The maximum absolute atomic E-state index is 12.7. The third kappa shape index (κ3) is 1.62. The predicted octanol–water partition coefficient (Wildman–Crippen LogP) is 1.55. The van der Waals surface area contributed by atoms with Gasteiger partial charge in [0.25, 0.3) is 0 Å². The molecule has 1 aliphatic rings. The highest BCUT2D eigenvalue weighted by molar-refractivity contribution is 5.38. The summed E-state index contributed by atoms with van der Waals surface area (Å²) >= 11 is 0. The van der Waals surface area contributed by atoms with Crippen molar-refractivity contribution in [3.63, 3.8) is 0 Å². The Bertz CT molecular complexity index is 349. The van der Waals surface area contributed by atoms with Gasteiger partial charge in [-0.25, -0.2) is 9.37 Å². The van der Waals surface area contributed by atoms with Gasteiger partial charge in [0.05, 0.1) is 6.20 Å². The molecule has 76 valence electrons. The smallest absolute Gasteiger partial charge is 0.225 e. The Morgan fingerprint density at radius 3 is 2.79 bits per heavy atom. The second kappa shape index (κ2) is 3.08. The zero-order chi connectivity index (χ0) is 10.2. The Morgan fingerprint density at radius 1 is 1.57 bits per heavy atom. The molecule has 1 aromatic heterocycles. The van der Waals surface area contributed by atoms with Crippen LogP contribution in [0.4, 0.5) is 16.2 Å². The molecule has 1 heterocycles. The van der Waals surface area contributed by atoms with E-state index in [-0.39, 0.29) is 11.4 Å². The number of hydrogen-bond acceptors (Lipinski definition) is 4. The summed E-state index contributed by atoms with van der Waals surface area (Å²) in [6.07, 6.45) is 4.48. The van der Waals surface area contributed by atoms with Crippen molar-refractivity contribution in [3.8, 4) is 0 Å². The van der Waals surface area contributed by atoms with Crippen molar-refractivity contribution in [3.05, 3.63) is 12.0 Å². The van der Waals surface area contributed by atoms with Crippen molar-refractivity contribution in [2.45, 2.75) is 31.7 Å². The summed E-state index contributed by atoms with van der Waals surface area (Å²) in [6, 6.07) is 0. The van der Waals surface area contributed by atoms with E-state index in [2.05, 4.69) is 22.2 Å². The molecule has 0 aromatic carbocycles. The molecule has 2 rings (SSSR count). The third-order valence-corrected chi connectivity index (χ3v) is 2.64. The van der Waals surface area contributed by atoms with E-state index in [4.69, 9.17) is 5.73 Å². The van der Waals surface area contributed by atoms with Gasteiger partial charge in [-0.05, 0) is 26.2 Å². The summed E-state index contributed by atoms with van der Waals surface area (Å²) in [5.41, 5.74) is 5.39. The van der Waals surface area contributed by atoms with Gasteiger partial charge in [0.2, 0.25) is 5.95 Å². The summed E-state index contributed by atoms with van der Waals surface area (Å²) < 4.78 is 12.7. The number of aromatic nitrogens is 2. The molecular weight excluding hydrogens is 183 g/mol. The van der Waals surface area contributed by atoms with E-state index in [0.717, 1.165) is 19.0 Å². The van der Waals surface area contributed by atoms with Gasteiger partial charge < -0.3 is 11.1 Å². The lowest BCUT2D eigenvalue weighted by Crippen LogP contribution is -2.42. The average molecular weight is 196 g/mol. The first-order chi connectivity index (χ1) is 6.59. The number of nitrogens with zero attached hydrogens (tertiary/aromatic N) is 2. The summed E-state index contributed by atoms with van der Waals surface area (Å²) in [4.78, 5) is 7.65. The van der Waals surface area contributed by atoms with E-state index in [1.165, 1.54) is 6.42 Å². The first-order valence-corrected chi connectivity index (χ1v) is 4.65. The minimum atomic E-state index is -0.575. The van der Waals surface area contributed by atoms with Crippen LogP contribution < -0.4 is 11.1 Å². The first-order valence-electron chi connectivity index (χ1n) is 4.65. The zero-order valence-corrected chi connectivity index (χ0v) is 8.05. The van der Waals surface area contributed by atoms with Gasteiger partial charge in [0, 0.05) is 5.54 Å². The highest BCUT2D eigenvalue weighted by Crippen LogP contribution is 2.33. The Balaban J connectivity index is 2.13. The van der Waals surface area contributed by atoms with Crippen molar-refractivity contribution in [1.82, 2.24) is 9.97 Å². The van der Waals surface area contributed by atoms with E-state index in [0.29, 0.717) is 5.95 Å². The molecular formula is C9H13FN4. The molecule has 0 unspecified atom stereocenters. The highest BCUT2D eigenvalue weighted by atomic mass is 19.1. The minimum Gasteiger partial charge on any atom is -0.381 e. The molecule has 4 nitrogen and oxygen atoms in total. The molecule has 14 heavy (non-hydrogen) atoms. The zero-order valence-electron chi connectivity index (χ0n) is 8.05. The molecule has 0 radical (unpaired) electrons. The molecule has 0 atom stereocenters. The third-order valence-electron chi connectivity index (χ3n) is 2.64. The van der Waals surface area contributed by atoms with E-state index in [1.807, 2.05) is 0 Å². The fourth-order valence-corrected chi connectivity index (χ4v) is 1.54. The molecule has 5 heteroatoms. The van der Waals surface area contributed by atoms with Gasteiger partial charge in [-0.3, -0.25) is 0 Å². The van der Waals surface area contributed by atoms with Crippen molar-refractivity contribution in [2.75, 3.05) is 11.1 Å². The van der Waals surface area contributed by atoms with Crippen LogP contribution in [0.15, 0.2) is 6.20 Å². The molecule has 1 saturated carbocycles. The minimum absolute atomic E-state index is 0.0598. The summed E-state index contributed by atoms with van der Waals surface area (Å²) in [5.74, 6) is -0.272. The van der Waals surface area contributed by atoms with Crippen LogP contribution in [-0.4, -0.2) is 15.5 Å². The maximum Gasteiger partial charge on any atom is 0.225 e. The van der Waals surface area contributed by atoms with E-state index >= 15 is 0 Å². The van der Waals surface area contributed by atoms with Gasteiger partial charge >= 0.3 is 0 Å². The topological polar surface area (TPSA) is 63.8 Å². The second-order valence-corrected chi connectivity index (χ2v) is 3.97. The number of rotatable bonds is 2. The lowest BCUT2D eigenvalue weighted by molar-refractivity contribution is 0.304. The van der Waals surface area contributed by atoms with Crippen molar-refractivity contribution >= 4 is 11.8 Å². The van der Waals surface area contributed by atoms with Crippen LogP contribution in [0.3, 0.4) is 0 Å². The van der Waals surface area contributed by atoms with Crippen LogP contribution in [0.2, 0.25) is 0 Å². The van der Waals surface area contributed by atoms with E-state index < -0.39 is 5.82 Å². The van der Waals surface area contributed by atoms with Gasteiger partial charge in [-0.1, -0.05) is 0 Å². The summed E-state index contributed by atoms with van der Waals surface area (Å²) in [7, 11) is 0. The van der Waals surface area contributed by atoms with Crippen LogP contribution in [0.1, 0.15) is 26.2 Å². The van der Waals surface area contributed by atoms with Gasteiger partial charge in [0.1, 0.15) is 0 Å². The standard InChI is InChI=1S/C9H13FN4/c1-9(3-2-4-9)14-8-12-5-6(10)7(11)13-8/h5H,2-4H2,1H3,(H3,11,12,13,14). The molecule has 3 N–H and O–H groups in total. The molecule has 0 amide bonds. The normalized spacial score (nSPS) is 18.7. The number of anilines is 2. The maximum atomic E-state index is 12.7. The lowest BCUT2D eigenvalue weighted by atomic mass is 9.79. The Kier molecular flexibility index (Phi) is 2.02. The molecule has 0 spiro atoms. The fourth-order valence-electron chi connectivity index (χ4n) is 1.54. The molecule has 0 aliphatic heterocycles. The number of nitrogens with one attached hydrogen (secondary N) is 1. The number of halogens is 1. The summed E-state index contributed by atoms with van der Waals surface area (Å²) in [6.45, 7) is 2.10. The Hall–Kier alpha value is -1.39. The molecule has 1 fully saturated rings. The SMILES string of the molecule is CC1(Nc2ncc(F)c(N)n2)CCC1. The lowest BCUT2D eigenvalue weighted by Gasteiger charge is -2.39. The van der Waals surface area contributed by atoms with E-state index in [1.54, 1.807) is 0 Å². The number of nitrogens with two attached hydrogens (primary N) is 1. The van der Waals surface area contributed by atoms with Crippen LogP contribution in [0.5, 0.6) is 0 Å². The number of hydrogen-bond donors (Lipinski definition) is 2. The van der Waals surface area contributed by atoms with Crippen molar-refractivity contribution < 1.29 is 4.39 Å². The average Bonchev–Trinajstić information content (AvgIpc) is 2.09.